The van der Waals surface area contributed by atoms with Gasteiger partial charge < -0.3 is 10.2 Å². The average molecular weight is 254 g/mol. The Labute approximate surface area is 111 Å². The molecule has 0 saturated carbocycles. The second-order valence-corrected chi connectivity index (χ2v) is 2.16. The summed E-state index contributed by atoms with van der Waals surface area (Å²) in [6, 6.07) is 5.48. The van der Waals surface area contributed by atoms with Gasteiger partial charge in [0.25, 0.3) is 0 Å². The smallest absolute Gasteiger partial charge is 0.336 e. The minimum absolute atomic E-state index is 0. The molecule has 0 atom stereocenters. The van der Waals surface area contributed by atoms with Crippen LogP contribution in [0.15, 0.2) is 24.3 Å². The molecule has 0 fully saturated rings. The van der Waals surface area contributed by atoms with E-state index in [2.05, 4.69) is 0 Å². The maximum Gasteiger partial charge on any atom is 0.336 e. The molecule has 0 aromatic heterocycles. The van der Waals surface area contributed by atoms with Gasteiger partial charge in [0.15, 0.2) is 0 Å². The van der Waals surface area contributed by atoms with Gasteiger partial charge in [0.05, 0.1) is 11.1 Å². The largest absolute Gasteiger partial charge is 0.478 e. The van der Waals surface area contributed by atoms with E-state index in [-0.39, 0.29) is 56.6 Å². The first-order valence-corrected chi connectivity index (χ1v) is 3.18. The van der Waals surface area contributed by atoms with E-state index in [0.717, 1.165) is 0 Å². The van der Waals surface area contributed by atoms with Crippen molar-refractivity contribution in [3.8, 4) is 0 Å². The SMILES string of the molecule is O=C(O)c1ccccc1C(=O)O.[Sr]. The van der Waals surface area contributed by atoms with Crippen LogP contribution in [0.2, 0.25) is 0 Å². The fourth-order valence-corrected chi connectivity index (χ4v) is 0.856. The average Bonchev–Trinajstić information content (AvgIpc) is 2.04. The molecule has 4 nitrogen and oxygen atoms in total. The van der Waals surface area contributed by atoms with E-state index in [0.29, 0.717) is 0 Å². The van der Waals surface area contributed by atoms with E-state index in [1.807, 2.05) is 0 Å². The number of carboxylic acids is 2. The molecule has 0 spiro atoms. The van der Waals surface area contributed by atoms with E-state index in [9.17, 15) is 9.59 Å². The van der Waals surface area contributed by atoms with Gasteiger partial charge in [0, 0.05) is 45.5 Å². The fraction of sp³-hybridized carbons (Fsp3) is 0. The number of hydrogen-bond acceptors (Lipinski definition) is 2. The summed E-state index contributed by atoms with van der Waals surface area (Å²) in [6.07, 6.45) is 0. The zero-order valence-electron chi connectivity index (χ0n) is 6.73. The van der Waals surface area contributed by atoms with Crippen LogP contribution in [0, 0.1) is 0 Å². The second kappa shape index (κ2) is 5.39. The molecule has 5 heteroatoms. The number of carboxylic acid groups (broad SMARTS) is 2. The van der Waals surface area contributed by atoms with Gasteiger partial charge in [-0.25, -0.2) is 9.59 Å². The van der Waals surface area contributed by atoms with E-state index < -0.39 is 11.9 Å². The Morgan fingerprint density at radius 1 is 0.923 bits per heavy atom. The van der Waals surface area contributed by atoms with Gasteiger partial charge in [-0.1, -0.05) is 12.1 Å². The van der Waals surface area contributed by atoms with Gasteiger partial charge in [0.1, 0.15) is 0 Å². The van der Waals surface area contributed by atoms with E-state index in [1.165, 1.54) is 24.3 Å². The molecule has 0 aliphatic heterocycles. The molecule has 0 aliphatic rings. The van der Waals surface area contributed by atoms with Crippen LogP contribution in [-0.4, -0.2) is 67.6 Å². The molecule has 0 unspecified atom stereocenters. The summed E-state index contributed by atoms with van der Waals surface area (Å²) in [7, 11) is 0. The maximum atomic E-state index is 10.5. The Kier molecular flexibility index (Phi) is 5.24. The summed E-state index contributed by atoms with van der Waals surface area (Å²) in [5, 5.41) is 17.1. The molecule has 0 amide bonds. The Morgan fingerprint density at radius 3 is 1.46 bits per heavy atom. The van der Waals surface area contributed by atoms with Crippen molar-refractivity contribution in [2.75, 3.05) is 0 Å². The fourth-order valence-electron chi connectivity index (χ4n) is 0.856. The summed E-state index contributed by atoms with van der Waals surface area (Å²) < 4.78 is 0. The molecule has 1 aromatic rings. The van der Waals surface area contributed by atoms with Crippen molar-refractivity contribution in [3.05, 3.63) is 35.4 Å². The quantitative estimate of drug-likeness (QED) is 0.761. The van der Waals surface area contributed by atoms with Crippen LogP contribution in [0.4, 0.5) is 0 Å². The Balaban J connectivity index is 0.00000144. The van der Waals surface area contributed by atoms with Crippen LogP contribution in [-0.2, 0) is 0 Å². The third-order valence-electron chi connectivity index (χ3n) is 1.39. The number of benzene rings is 1. The van der Waals surface area contributed by atoms with Crippen LogP contribution in [0.25, 0.3) is 0 Å². The molecule has 0 saturated heterocycles. The van der Waals surface area contributed by atoms with E-state index in [1.54, 1.807) is 0 Å². The summed E-state index contributed by atoms with van der Waals surface area (Å²) in [4.78, 5) is 20.9. The molecule has 1 rings (SSSR count). The molecule has 2 N–H and O–H groups in total. The first kappa shape index (κ1) is 12.6. The van der Waals surface area contributed by atoms with Crippen molar-refractivity contribution >= 4 is 57.4 Å². The standard InChI is InChI=1S/C8H6O4.Sr/c9-7(10)5-3-1-2-4-6(5)8(11)12;/h1-4H,(H,9,10)(H,11,12);. The normalized spacial score (nSPS) is 8.62. The first-order chi connectivity index (χ1) is 5.63. The van der Waals surface area contributed by atoms with Crippen molar-refractivity contribution in [2.24, 2.45) is 0 Å². The second-order valence-electron chi connectivity index (χ2n) is 2.16. The molecule has 64 valence electrons. The summed E-state index contributed by atoms with van der Waals surface area (Å²) in [6.45, 7) is 0. The van der Waals surface area contributed by atoms with E-state index in [4.69, 9.17) is 10.2 Å². The van der Waals surface area contributed by atoms with Crippen molar-refractivity contribution < 1.29 is 19.8 Å². The first-order valence-electron chi connectivity index (χ1n) is 3.18. The van der Waals surface area contributed by atoms with Crippen LogP contribution in [0.3, 0.4) is 0 Å². The van der Waals surface area contributed by atoms with Crippen LogP contribution in [0.1, 0.15) is 20.7 Å². The molecule has 0 bridgehead atoms. The molecular formula is C8H6O4Sr. The molecule has 0 heterocycles. The third kappa shape index (κ3) is 3.11. The Bertz CT molecular complexity index is 302. The topological polar surface area (TPSA) is 74.6 Å². The Morgan fingerprint density at radius 2 is 1.23 bits per heavy atom. The molecule has 13 heavy (non-hydrogen) atoms. The Hall–Kier alpha value is -0.359. The summed E-state index contributed by atoms with van der Waals surface area (Å²) >= 11 is 0. The van der Waals surface area contributed by atoms with Crippen molar-refractivity contribution in [1.29, 1.82) is 0 Å². The van der Waals surface area contributed by atoms with Gasteiger partial charge in [-0.2, -0.15) is 0 Å². The number of carbonyl (C=O) groups is 2. The maximum absolute atomic E-state index is 10.5. The van der Waals surface area contributed by atoms with Gasteiger partial charge in [-0.3, -0.25) is 0 Å². The van der Waals surface area contributed by atoms with Crippen LogP contribution >= 0.6 is 0 Å². The van der Waals surface area contributed by atoms with Crippen LogP contribution in [0.5, 0.6) is 0 Å². The van der Waals surface area contributed by atoms with Crippen molar-refractivity contribution in [1.82, 2.24) is 0 Å². The number of hydrogen-bond donors (Lipinski definition) is 2. The summed E-state index contributed by atoms with van der Waals surface area (Å²) in [5.41, 5.74) is -0.380. The van der Waals surface area contributed by atoms with Gasteiger partial charge >= 0.3 is 11.9 Å². The third-order valence-corrected chi connectivity index (χ3v) is 1.39. The number of aromatic carboxylic acids is 2. The number of rotatable bonds is 2. The van der Waals surface area contributed by atoms with Gasteiger partial charge in [-0.15, -0.1) is 0 Å². The predicted octanol–water partition coefficient (Wildman–Crippen LogP) is 0.702. The molecular weight excluding hydrogens is 248 g/mol. The predicted molar refractivity (Wildman–Crippen MR) is 46.1 cm³/mol. The summed E-state index contributed by atoms with van der Waals surface area (Å²) in [5.74, 6) is -2.46. The van der Waals surface area contributed by atoms with Crippen molar-refractivity contribution in [3.63, 3.8) is 0 Å². The van der Waals surface area contributed by atoms with E-state index >= 15 is 0 Å². The van der Waals surface area contributed by atoms with Gasteiger partial charge in [-0.05, 0) is 12.1 Å². The molecule has 2 radical (unpaired) electrons. The monoisotopic (exact) mass is 254 g/mol. The van der Waals surface area contributed by atoms with Crippen LogP contribution < -0.4 is 0 Å². The molecule has 1 aromatic carbocycles. The molecule has 0 aliphatic carbocycles. The zero-order chi connectivity index (χ0) is 9.14. The van der Waals surface area contributed by atoms with Crippen molar-refractivity contribution in [2.45, 2.75) is 0 Å². The minimum Gasteiger partial charge on any atom is -0.478 e. The minimum atomic E-state index is -1.23. The zero-order valence-corrected chi connectivity index (χ0v) is 10.2. The van der Waals surface area contributed by atoms with Gasteiger partial charge in [0.2, 0.25) is 0 Å².